The molecule has 2 aliphatic rings. The predicted molar refractivity (Wildman–Crippen MR) is 120 cm³/mol. The summed E-state index contributed by atoms with van der Waals surface area (Å²) in [6.07, 6.45) is 1.99. The van der Waals surface area contributed by atoms with Crippen molar-refractivity contribution < 1.29 is 27.0 Å². The molecular weight excluding hydrogens is 408 g/mol. The van der Waals surface area contributed by atoms with E-state index >= 15 is 0 Å². The van der Waals surface area contributed by atoms with Gasteiger partial charge in [0.05, 0.1) is 14.4 Å². The summed E-state index contributed by atoms with van der Waals surface area (Å²) in [5.74, 6) is -0.668. The van der Waals surface area contributed by atoms with Gasteiger partial charge in [0.15, 0.2) is 0 Å². The average molecular weight is 439 g/mol. The van der Waals surface area contributed by atoms with Gasteiger partial charge in [-0.25, -0.2) is 0 Å². The Kier molecular flexibility index (Phi) is 5.95. The minimum absolute atomic E-state index is 0.115. The molecule has 7 nitrogen and oxygen atoms in total. The van der Waals surface area contributed by atoms with Gasteiger partial charge in [-0.2, -0.15) is 0 Å². The van der Waals surface area contributed by atoms with E-state index in [0.29, 0.717) is 36.4 Å². The summed E-state index contributed by atoms with van der Waals surface area (Å²) in [7, 11) is 0. The summed E-state index contributed by atoms with van der Waals surface area (Å²) in [5.41, 5.74) is 2.57. The zero-order valence-corrected chi connectivity index (χ0v) is 17.8. The summed E-state index contributed by atoms with van der Waals surface area (Å²) in [6.45, 7) is 0.546. The standard InChI is InChI=1S/C25H28N2O5/c28-23-15-19-14-17(9-12-21(19)26-23)25(31)27(20-10-11-20)16-18-6-3-4-7-22(18)32-13-5-1-2-8-24(29)30/h3-4,6-7,9,12,14,20H,1-2,5,8,10-11,13,15-16H2,(H,26,28)(H,29,30)/i10D,20D. The molecule has 7 heteroatoms. The van der Waals surface area contributed by atoms with Gasteiger partial charge < -0.3 is 20.1 Å². The number of carboxylic acids is 1. The molecule has 0 spiro atoms. The molecule has 1 saturated carbocycles. The molecule has 1 aliphatic carbocycles. The van der Waals surface area contributed by atoms with Crippen LogP contribution >= 0.6 is 0 Å². The Morgan fingerprint density at radius 2 is 2.03 bits per heavy atom. The van der Waals surface area contributed by atoms with E-state index in [9.17, 15) is 14.4 Å². The summed E-state index contributed by atoms with van der Waals surface area (Å²) >= 11 is 0. The number of ether oxygens (including phenoxy) is 1. The number of carbonyl (C=O) groups excluding carboxylic acids is 2. The number of hydrogen-bond acceptors (Lipinski definition) is 4. The van der Waals surface area contributed by atoms with Crippen LogP contribution in [0.5, 0.6) is 5.75 Å². The van der Waals surface area contributed by atoms with Crippen LogP contribution in [0.15, 0.2) is 42.5 Å². The van der Waals surface area contributed by atoms with Crippen molar-refractivity contribution in [3.8, 4) is 5.75 Å². The van der Waals surface area contributed by atoms with Crippen molar-refractivity contribution in [2.24, 2.45) is 0 Å². The Hall–Kier alpha value is -3.35. The van der Waals surface area contributed by atoms with Crippen LogP contribution in [0.3, 0.4) is 0 Å². The van der Waals surface area contributed by atoms with E-state index in [-0.39, 0.29) is 37.6 Å². The van der Waals surface area contributed by atoms with Crippen molar-refractivity contribution in [2.45, 2.75) is 57.5 Å². The van der Waals surface area contributed by atoms with Gasteiger partial charge in [-0.1, -0.05) is 18.2 Å². The molecule has 1 fully saturated rings. The molecule has 1 heterocycles. The fraction of sp³-hybridized carbons (Fsp3) is 0.400. The number of fused-ring (bicyclic) bond motifs is 1. The molecule has 2 amide bonds. The minimum atomic E-state index is -1.31. The van der Waals surface area contributed by atoms with Gasteiger partial charge in [0.25, 0.3) is 5.91 Å². The lowest BCUT2D eigenvalue weighted by Gasteiger charge is -2.24. The number of nitrogens with one attached hydrogen (secondary N) is 1. The van der Waals surface area contributed by atoms with E-state index < -0.39 is 18.4 Å². The number of carboxylic acid groups (broad SMARTS) is 1. The van der Waals surface area contributed by atoms with Crippen LogP contribution in [0.25, 0.3) is 0 Å². The summed E-state index contributed by atoms with van der Waals surface area (Å²) in [6, 6.07) is 11.0. The summed E-state index contributed by atoms with van der Waals surface area (Å²) < 4.78 is 22.7. The van der Waals surface area contributed by atoms with Gasteiger partial charge in [-0.3, -0.25) is 14.4 Å². The number of unbranched alkanes of at least 4 members (excludes halogenated alkanes) is 2. The number of carbonyl (C=O) groups is 3. The highest BCUT2D eigenvalue weighted by atomic mass is 16.5. The molecular formula is C25H28N2O5. The first-order valence-electron chi connectivity index (χ1n) is 11.9. The number of anilines is 1. The summed E-state index contributed by atoms with van der Waals surface area (Å²) in [5, 5.41) is 11.5. The van der Waals surface area contributed by atoms with Gasteiger partial charge in [-0.15, -0.1) is 0 Å². The molecule has 2 aromatic carbocycles. The van der Waals surface area contributed by atoms with Crippen LogP contribution in [0.1, 0.15) is 62.7 Å². The number of para-hydroxylation sites is 1. The zero-order chi connectivity index (χ0) is 24.3. The Morgan fingerprint density at radius 1 is 1.22 bits per heavy atom. The van der Waals surface area contributed by atoms with E-state index in [1.54, 1.807) is 18.2 Å². The predicted octanol–water partition coefficient (Wildman–Crippen LogP) is 4.01. The molecule has 0 aromatic heterocycles. The molecule has 2 aromatic rings. The number of nitrogens with zero attached hydrogens (tertiary/aromatic N) is 1. The lowest BCUT2D eigenvalue weighted by Crippen LogP contribution is -2.32. The van der Waals surface area contributed by atoms with Crippen LogP contribution in [-0.2, 0) is 22.6 Å². The number of aliphatic carboxylic acids is 1. The maximum atomic E-state index is 13.5. The van der Waals surface area contributed by atoms with Crippen LogP contribution < -0.4 is 10.1 Å². The Bertz CT molecular complexity index is 1110. The van der Waals surface area contributed by atoms with Crippen molar-refractivity contribution in [3.05, 3.63) is 59.2 Å². The molecule has 0 bridgehead atoms. The van der Waals surface area contributed by atoms with Crippen molar-refractivity contribution in [3.63, 3.8) is 0 Å². The average Bonchev–Trinajstić information content (AvgIpc) is 3.23. The molecule has 0 radical (unpaired) electrons. The number of rotatable bonds is 11. The van der Waals surface area contributed by atoms with Gasteiger partial charge in [-0.05, 0) is 61.9 Å². The van der Waals surface area contributed by atoms with Crippen molar-refractivity contribution in [1.29, 1.82) is 0 Å². The van der Waals surface area contributed by atoms with Gasteiger partial charge >= 0.3 is 5.97 Å². The van der Waals surface area contributed by atoms with E-state index in [0.717, 1.165) is 17.5 Å². The SMILES string of the molecule is [2H]C1CC1([2H])N(Cc1ccccc1OCCCCCC(=O)O)C(=O)c1ccc2c(c1)CC(=O)N2. The molecule has 0 saturated heterocycles. The molecule has 168 valence electrons. The van der Waals surface area contributed by atoms with Gasteiger partial charge in [0.1, 0.15) is 5.75 Å². The van der Waals surface area contributed by atoms with Crippen LogP contribution in [0.4, 0.5) is 5.69 Å². The number of amides is 2. The molecule has 1 aliphatic heterocycles. The molecule has 2 N–H and O–H groups in total. The number of benzene rings is 2. The maximum absolute atomic E-state index is 13.5. The molecule has 32 heavy (non-hydrogen) atoms. The molecule has 4 rings (SSSR count). The number of hydrogen-bond donors (Lipinski definition) is 2. The first kappa shape index (κ1) is 19.3. The molecule has 2 unspecified atom stereocenters. The second kappa shape index (κ2) is 9.85. The highest BCUT2D eigenvalue weighted by molar-refractivity contribution is 6.01. The third kappa shape index (κ3) is 5.46. The van der Waals surface area contributed by atoms with Crippen LogP contribution in [0, 0.1) is 0 Å². The lowest BCUT2D eigenvalue weighted by atomic mass is 10.1. The Labute approximate surface area is 190 Å². The first-order valence-corrected chi connectivity index (χ1v) is 10.9. The normalized spacial score (nSPS) is 21.8. The van der Waals surface area contributed by atoms with E-state index in [2.05, 4.69) is 5.32 Å². The van der Waals surface area contributed by atoms with Gasteiger partial charge in [0.2, 0.25) is 5.91 Å². The monoisotopic (exact) mass is 438 g/mol. The highest BCUT2D eigenvalue weighted by Crippen LogP contribution is 2.33. The third-order valence-electron chi connectivity index (χ3n) is 5.55. The second-order valence-electron chi connectivity index (χ2n) is 8.05. The fourth-order valence-corrected chi connectivity index (χ4v) is 3.77. The maximum Gasteiger partial charge on any atom is 0.303 e. The molecule has 2 atom stereocenters. The quantitative estimate of drug-likeness (QED) is 0.517. The van der Waals surface area contributed by atoms with Crippen molar-refractivity contribution >= 4 is 23.5 Å². The van der Waals surface area contributed by atoms with E-state index in [1.807, 2.05) is 24.3 Å². The minimum Gasteiger partial charge on any atom is -0.493 e. The first-order chi connectivity index (χ1) is 16.3. The smallest absolute Gasteiger partial charge is 0.303 e. The fourth-order valence-electron chi connectivity index (χ4n) is 3.77. The third-order valence-corrected chi connectivity index (χ3v) is 5.55. The lowest BCUT2D eigenvalue weighted by molar-refractivity contribution is -0.137. The van der Waals surface area contributed by atoms with Crippen molar-refractivity contribution in [1.82, 2.24) is 4.90 Å². The largest absolute Gasteiger partial charge is 0.493 e. The topological polar surface area (TPSA) is 95.9 Å². The van der Waals surface area contributed by atoms with Crippen molar-refractivity contribution in [2.75, 3.05) is 11.9 Å². The Morgan fingerprint density at radius 3 is 2.81 bits per heavy atom. The van der Waals surface area contributed by atoms with Gasteiger partial charge in [0, 0.05) is 37.2 Å². The van der Waals surface area contributed by atoms with E-state index in [1.165, 1.54) is 4.90 Å². The highest BCUT2D eigenvalue weighted by Gasteiger charge is 2.34. The van der Waals surface area contributed by atoms with Crippen LogP contribution in [0.2, 0.25) is 0 Å². The zero-order valence-electron chi connectivity index (χ0n) is 19.8. The Balaban J connectivity index is 1.48. The summed E-state index contributed by atoms with van der Waals surface area (Å²) in [4.78, 5) is 37.2. The second-order valence-corrected chi connectivity index (χ2v) is 8.05. The van der Waals surface area contributed by atoms with Crippen LogP contribution in [-0.4, -0.2) is 40.4 Å². The van der Waals surface area contributed by atoms with E-state index in [4.69, 9.17) is 12.6 Å².